The quantitative estimate of drug-likeness (QED) is 0.696. The first-order valence-corrected chi connectivity index (χ1v) is 9.80. The maximum atomic E-state index is 12.7. The lowest BCUT2D eigenvalue weighted by molar-refractivity contribution is -0.121. The van der Waals surface area contributed by atoms with Crippen LogP contribution in [0.5, 0.6) is 5.75 Å². The fraction of sp³-hybridized carbons (Fsp3) is 0.550. The Balaban J connectivity index is 1.52. The summed E-state index contributed by atoms with van der Waals surface area (Å²) in [5.41, 5.74) is 1.15. The summed E-state index contributed by atoms with van der Waals surface area (Å²) in [6, 6.07) is 5.44. The van der Waals surface area contributed by atoms with Gasteiger partial charge >= 0.3 is 0 Å². The fourth-order valence-electron chi connectivity index (χ4n) is 3.38. The number of carbonyl (C=O) groups is 1. The van der Waals surface area contributed by atoms with Crippen LogP contribution in [0, 0.1) is 0 Å². The van der Waals surface area contributed by atoms with Gasteiger partial charge < -0.3 is 10.1 Å². The number of aromatic amines is 1. The number of piperidine rings is 1. The Labute approximate surface area is 160 Å². The SMILES string of the molecule is CCCCOc1ccc(NC(=O)C(C)N2CCCC(c3ccn[nH]3)C2)nc1. The molecule has 0 aliphatic carbocycles. The number of amides is 1. The molecule has 0 saturated carbocycles. The highest BCUT2D eigenvalue weighted by Crippen LogP contribution is 2.26. The monoisotopic (exact) mass is 371 g/mol. The van der Waals surface area contributed by atoms with Crippen LogP contribution in [0.3, 0.4) is 0 Å². The average Bonchev–Trinajstić information content (AvgIpc) is 3.24. The van der Waals surface area contributed by atoms with E-state index in [1.54, 1.807) is 18.5 Å². The van der Waals surface area contributed by atoms with Crippen LogP contribution in [0.15, 0.2) is 30.6 Å². The lowest BCUT2D eigenvalue weighted by Crippen LogP contribution is -2.46. The van der Waals surface area contributed by atoms with E-state index in [9.17, 15) is 4.79 Å². The number of unbranched alkanes of at least 4 members (excludes halogenated alkanes) is 1. The number of rotatable bonds is 8. The van der Waals surface area contributed by atoms with Gasteiger partial charge in [-0.05, 0) is 50.9 Å². The van der Waals surface area contributed by atoms with Gasteiger partial charge in [0.05, 0.1) is 18.8 Å². The number of anilines is 1. The Morgan fingerprint density at radius 1 is 1.44 bits per heavy atom. The summed E-state index contributed by atoms with van der Waals surface area (Å²) < 4.78 is 5.60. The van der Waals surface area contributed by atoms with E-state index >= 15 is 0 Å². The van der Waals surface area contributed by atoms with E-state index in [0.717, 1.165) is 50.2 Å². The number of nitrogens with one attached hydrogen (secondary N) is 2. The first-order valence-electron chi connectivity index (χ1n) is 9.80. The molecule has 2 aromatic rings. The minimum Gasteiger partial charge on any atom is -0.492 e. The minimum absolute atomic E-state index is 0.0348. The summed E-state index contributed by atoms with van der Waals surface area (Å²) in [6.45, 7) is 6.55. The third-order valence-corrected chi connectivity index (χ3v) is 5.10. The smallest absolute Gasteiger partial charge is 0.242 e. The molecule has 2 unspecified atom stereocenters. The number of nitrogens with zero attached hydrogens (tertiary/aromatic N) is 3. The van der Waals surface area contributed by atoms with Gasteiger partial charge in [0.2, 0.25) is 5.91 Å². The number of aromatic nitrogens is 3. The third-order valence-electron chi connectivity index (χ3n) is 5.10. The van der Waals surface area contributed by atoms with E-state index in [0.29, 0.717) is 18.3 Å². The van der Waals surface area contributed by atoms with Crippen molar-refractivity contribution in [3.8, 4) is 5.75 Å². The summed E-state index contributed by atoms with van der Waals surface area (Å²) in [5.74, 6) is 1.64. The first-order chi connectivity index (χ1) is 13.2. The zero-order valence-corrected chi connectivity index (χ0v) is 16.1. The molecular formula is C20H29N5O2. The molecule has 0 spiro atoms. The van der Waals surface area contributed by atoms with Crippen LogP contribution in [-0.4, -0.2) is 51.7 Å². The zero-order valence-electron chi connectivity index (χ0n) is 16.1. The van der Waals surface area contributed by atoms with E-state index in [1.807, 2.05) is 19.1 Å². The van der Waals surface area contributed by atoms with E-state index in [2.05, 4.69) is 32.3 Å². The predicted molar refractivity (Wildman–Crippen MR) is 105 cm³/mol. The average molecular weight is 371 g/mol. The molecule has 7 heteroatoms. The topological polar surface area (TPSA) is 83.1 Å². The normalized spacial score (nSPS) is 18.8. The van der Waals surface area contributed by atoms with Crippen LogP contribution in [-0.2, 0) is 4.79 Å². The van der Waals surface area contributed by atoms with Gasteiger partial charge in [-0.15, -0.1) is 0 Å². The Bertz CT molecular complexity index is 702. The van der Waals surface area contributed by atoms with Gasteiger partial charge in [0.25, 0.3) is 0 Å². The molecule has 7 nitrogen and oxygen atoms in total. The maximum absolute atomic E-state index is 12.7. The van der Waals surface area contributed by atoms with Crippen LogP contribution in [0.4, 0.5) is 5.82 Å². The molecule has 2 N–H and O–H groups in total. The Kier molecular flexibility index (Phi) is 6.81. The van der Waals surface area contributed by atoms with Crippen LogP contribution in [0.2, 0.25) is 0 Å². The molecule has 3 rings (SSSR count). The predicted octanol–water partition coefficient (Wildman–Crippen LogP) is 3.19. The molecule has 2 atom stereocenters. The molecule has 2 aromatic heterocycles. The number of hydrogen-bond donors (Lipinski definition) is 2. The third kappa shape index (κ3) is 5.29. The fourth-order valence-corrected chi connectivity index (χ4v) is 3.38. The highest BCUT2D eigenvalue weighted by Gasteiger charge is 2.28. The van der Waals surface area contributed by atoms with Gasteiger partial charge in [-0.25, -0.2) is 4.98 Å². The van der Waals surface area contributed by atoms with Gasteiger partial charge in [0, 0.05) is 24.4 Å². The van der Waals surface area contributed by atoms with Crippen molar-refractivity contribution in [2.75, 3.05) is 25.0 Å². The standard InChI is InChI=1S/C20H29N5O2/c1-3-4-12-27-17-7-8-19(21-13-17)23-20(26)15(2)25-11-5-6-16(14-25)18-9-10-22-24-18/h7-10,13,15-16H,3-6,11-12,14H2,1-2H3,(H,22,24)(H,21,23,26). The van der Waals surface area contributed by atoms with E-state index in [4.69, 9.17) is 4.74 Å². The van der Waals surface area contributed by atoms with Gasteiger partial charge in [0.1, 0.15) is 11.6 Å². The number of hydrogen-bond acceptors (Lipinski definition) is 5. The Morgan fingerprint density at radius 2 is 2.33 bits per heavy atom. The van der Waals surface area contributed by atoms with Gasteiger partial charge in [-0.1, -0.05) is 13.3 Å². The molecule has 1 amide bonds. The van der Waals surface area contributed by atoms with Gasteiger partial charge in [-0.3, -0.25) is 14.8 Å². The second kappa shape index (κ2) is 9.50. The molecule has 1 saturated heterocycles. The van der Waals surface area contributed by atoms with Crippen LogP contribution < -0.4 is 10.1 Å². The molecule has 27 heavy (non-hydrogen) atoms. The van der Waals surface area contributed by atoms with Crippen molar-refractivity contribution >= 4 is 11.7 Å². The van der Waals surface area contributed by atoms with Crippen molar-refractivity contribution in [3.63, 3.8) is 0 Å². The number of pyridine rings is 1. The van der Waals surface area contributed by atoms with Crippen LogP contribution >= 0.6 is 0 Å². The van der Waals surface area contributed by atoms with Gasteiger partial charge in [0.15, 0.2) is 0 Å². The van der Waals surface area contributed by atoms with Crippen molar-refractivity contribution in [2.45, 2.75) is 51.5 Å². The number of H-pyrrole nitrogens is 1. The number of likely N-dealkylation sites (tertiary alicyclic amines) is 1. The molecule has 0 bridgehead atoms. The van der Waals surface area contributed by atoms with E-state index in [-0.39, 0.29) is 11.9 Å². The van der Waals surface area contributed by atoms with Crippen molar-refractivity contribution in [1.29, 1.82) is 0 Å². The molecule has 0 aromatic carbocycles. The molecule has 3 heterocycles. The van der Waals surface area contributed by atoms with E-state index < -0.39 is 0 Å². The first kappa shape index (κ1) is 19.4. The second-order valence-corrected chi connectivity index (χ2v) is 7.09. The zero-order chi connectivity index (χ0) is 19.1. The summed E-state index contributed by atoms with van der Waals surface area (Å²) in [4.78, 5) is 19.2. The summed E-state index contributed by atoms with van der Waals surface area (Å²) in [5, 5.41) is 10.0. The minimum atomic E-state index is -0.210. The van der Waals surface area contributed by atoms with Crippen molar-refractivity contribution in [3.05, 3.63) is 36.3 Å². The largest absolute Gasteiger partial charge is 0.492 e. The van der Waals surface area contributed by atoms with Gasteiger partial charge in [-0.2, -0.15) is 5.10 Å². The highest BCUT2D eigenvalue weighted by molar-refractivity contribution is 5.93. The highest BCUT2D eigenvalue weighted by atomic mass is 16.5. The maximum Gasteiger partial charge on any atom is 0.242 e. The Hall–Kier alpha value is -2.41. The van der Waals surface area contributed by atoms with Crippen molar-refractivity contribution in [2.24, 2.45) is 0 Å². The molecule has 0 radical (unpaired) electrons. The van der Waals surface area contributed by atoms with E-state index in [1.165, 1.54) is 0 Å². The number of ether oxygens (including phenoxy) is 1. The summed E-state index contributed by atoms with van der Waals surface area (Å²) >= 11 is 0. The molecule has 1 aliphatic heterocycles. The molecular weight excluding hydrogens is 342 g/mol. The summed E-state index contributed by atoms with van der Waals surface area (Å²) in [7, 11) is 0. The van der Waals surface area contributed by atoms with Crippen LogP contribution in [0.25, 0.3) is 0 Å². The Morgan fingerprint density at radius 3 is 3.04 bits per heavy atom. The number of carbonyl (C=O) groups excluding carboxylic acids is 1. The lowest BCUT2D eigenvalue weighted by atomic mass is 9.94. The second-order valence-electron chi connectivity index (χ2n) is 7.09. The van der Waals surface area contributed by atoms with Crippen molar-refractivity contribution < 1.29 is 9.53 Å². The molecule has 1 fully saturated rings. The molecule has 1 aliphatic rings. The van der Waals surface area contributed by atoms with Crippen molar-refractivity contribution in [1.82, 2.24) is 20.1 Å². The summed E-state index contributed by atoms with van der Waals surface area (Å²) in [6.07, 6.45) is 7.75. The lowest BCUT2D eigenvalue weighted by Gasteiger charge is -2.35. The molecule has 146 valence electrons. The van der Waals surface area contributed by atoms with Crippen LogP contribution in [0.1, 0.15) is 51.1 Å².